The Morgan fingerprint density at radius 1 is 0.443 bits per heavy atom. The molecular formula is C69H131N2O7P. The summed E-state index contributed by atoms with van der Waals surface area (Å²) in [7, 11) is 1.19. The van der Waals surface area contributed by atoms with Crippen molar-refractivity contribution in [2.75, 3.05) is 40.9 Å². The van der Waals surface area contributed by atoms with Crippen molar-refractivity contribution in [3.05, 3.63) is 48.6 Å². The zero-order valence-electron chi connectivity index (χ0n) is 53.1. The molecule has 0 bridgehead atoms. The molecule has 0 aliphatic carbocycles. The first-order valence-electron chi connectivity index (χ1n) is 33.9. The van der Waals surface area contributed by atoms with Gasteiger partial charge in [0.25, 0.3) is 7.82 Å². The number of quaternary nitrogens is 1. The van der Waals surface area contributed by atoms with Crippen molar-refractivity contribution in [3.63, 3.8) is 0 Å². The molecule has 79 heavy (non-hydrogen) atoms. The highest BCUT2D eigenvalue weighted by molar-refractivity contribution is 7.45. The second-order valence-corrected chi connectivity index (χ2v) is 25.7. The van der Waals surface area contributed by atoms with Gasteiger partial charge in [-0.3, -0.25) is 14.2 Å². The van der Waals surface area contributed by atoms with Gasteiger partial charge in [0.05, 0.1) is 33.8 Å². The largest absolute Gasteiger partial charge is 0.756 e. The number of hydrogen-bond donors (Lipinski definition) is 1. The quantitative estimate of drug-likeness (QED) is 0.0212. The van der Waals surface area contributed by atoms with Crippen LogP contribution in [0, 0.1) is 0 Å². The zero-order valence-corrected chi connectivity index (χ0v) is 54.0. The van der Waals surface area contributed by atoms with Gasteiger partial charge >= 0.3 is 5.97 Å². The molecule has 9 nitrogen and oxygen atoms in total. The zero-order chi connectivity index (χ0) is 57.9. The fourth-order valence-electron chi connectivity index (χ4n) is 9.96. The molecule has 0 aliphatic rings. The lowest BCUT2D eigenvalue weighted by Crippen LogP contribution is -2.47. The van der Waals surface area contributed by atoms with Crippen LogP contribution in [0.25, 0.3) is 0 Å². The van der Waals surface area contributed by atoms with E-state index in [1.54, 1.807) is 0 Å². The molecule has 1 N–H and O–H groups in total. The van der Waals surface area contributed by atoms with Gasteiger partial charge in [0.1, 0.15) is 19.3 Å². The van der Waals surface area contributed by atoms with E-state index in [1.807, 2.05) is 33.3 Å². The van der Waals surface area contributed by atoms with Crippen LogP contribution in [-0.4, -0.2) is 69.4 Å². The van der Waals surface area contributed by atoms with E-state index in [0.29, 0.717) is 17.4 Å². The summed E-state index contributed by atoms with van der Waals surface area (Å²) < 4.78 is 30.4. The lowest BCUT2D eigenvalue weighted by Gasteiger charge is -2.30. The highest BCUT2D eigenvalue weighted by atomic mass is 31.2. The summed E-state index contributed by atoms with van der Waals surface area (Å²) in [5.41, 5.74) is 0. The molecule has 0 aromatic carbocycles. The van der Waals surface area contributed by atoms with Crippen LogP contribution >= 0.6 is 7.82 Å². The Bertz CT molecular complexity index is 1490. The molecule has 0 saturated heterocycles. The van der Waals surface area contributed by atoms with Crippen LogP contribution in [-0.2, 0) is 27.9 Å². The lowest BCUT2D eigenvalue weighted by molar-refractivity contribution is -0.870. The number of nitrogens with one attached hydrogen (secondary N) is 1. The number of carbonyl (C=O) groups is 2. The molecule has 0 aromatic heterocycles. The Balaban J connectivity index is 4.97. The number of carbonyl (C=O) groups excluding carboxylic acids is 2. The average molecular weight is 1130 g/mol. The third-order valence-electron chi connectivity index (χ3n) is 15.2. The normalized spacial score (nSPS) is 13.9. The second-order valence-electron chi connectivity index (χ2n) is 24.3. The van der Waals surface area contributed by atoms with Gasteiger partial charge in [0.2, 0.25) is 5.91 Å². The van der Waals surface area contributed by atoms with Gasteiger partial charge in [-0.15, -0.1) is 0 Å². The molecular weight excluding hydrogens is 1000 g/mol. The van der Waals surface area contributed by atoms with Crippen molar-refractivity contribution < 1.29 is 37.3 Å². The smallest absolute Gasteiger partial charge is 0.306 e. The number of esters is 1. The molecule has 0 heterocycles. The number of likely N-dealkylation sites (N-methyl/N-ethyl adjacent to an activating group) is 1. The number of allylic oxidation sites excluding steroid dienone is 7. The van der Waals surface area contributed by atoms with Crippen molar-refractivity contribution >= 4 is 19.7 Å². The fourth-order valence-corrected chi connectivity index (χ4v) is 10.7. The van der Waals surface area contributed by atoms with Crippen LogP contribution in [0.4, 0.5) is 0 Å². The standard InChI is InChI=1S/C69H131N2O7P/c1-7-10-13-16-19-22-25-27-29-30-31-32-33-34-35-36-37-38-39-40-42-43-46-49-52-55-58-61-68(72)70-66(65-77-79(74,75)76-64-63-71(4,5)6)67(60-57-54-51-48-45-24-21-18-15-12-9-3)78-69(73)62-59-56-53-50-47-44-41-28-26-23-20-17-14-11-8-2/h19,22-23,26-27,29,57,60,66-67H,7-18,20-21,24-25,28,30-56,58-59,61-65H2,1-6H3,(H-,70,72,74,75)/b22-19-,26-23-,29-27-,60-57-. The minimum Gasteiger partial charge on any atom is -0.756 e. The van der Waals surface area contributed by atoms with Gasteiger partial charge in [-0.25, -0.2) is 0 Å². The van der Waals surface area contributed by atoms with Crippen LogP contribution in [0.1, 0.15) is 329 Å². The maximum absolute atomic E-state index is 13.6. The Hall–Kier alpha value is -2.03. The van der Waals surface area contributed by atoms with E-state index in [1.165, 1.54) is 218 Å². The maximum Gasteiger partial charge on any atom is 0.306 e. The third-order valence-corrected chi connectivity index (χ3v) is 16.2. The minimum atomic E-state index is -4.70. The van der Waals surface area contributed by atoms with Crippen LogP contribution in [0.2, 0.25) is 0 Å². The predicted octanol–water partition coefficient (Wildman–Crippen LogP) is 20.6. The fraction of sp³-hybridized carbons (Fsp3) is 0.855. The van der Waals surface area contributed by atoms with E-state index < -0.39 is 20.0 Å². The lowest BCUT2D eigenvalue weighted by atomic mass is 10.0. The molecule has 0 spiro atoms. The molecule has 0 rings (SSSR count). The van der Waals surface area contributed by atoms with E-state index in [-0.39, 0.29) is 31.5 Å². The SMILES string of the molecule is CCCCC/C=C\C/C=C\CCCCCCCCCCCCCCCCCCCC(=O)NC(COP(=O)([O-])OCC[N+](C)(C)C)C(/C=C\CCCCCCCCCCC)OC(=O)CCCCCCCCC/C=C\CCCCCC. The van der Waals surface area contributed by atoms with Crippen LogP contribution in [0.5, 0.6) is 0 Å². The topological polar surface area (TPSA) is 114 Å². The van der Waals surface area contributed by atoms with Gasteiger partial charge in [0.15, 0.2) is 0 Å². The number of hydrogen-bond acceptors (Lipinski definition) is 7. The molecule has 0 aromatic rings. The van der Waals surface area contributed by atoms with Crippen LogP contribution in [0.3, 0.4) is 0 Å². The summed E-state index contributed by atoms with van der Waals surface area (Å²) in [5, 5.41) is 3.04. The monoisotopic (exact) mass is 1130 g/mol. The molecule has 464 valence electrons. The van der Waals surface area contributed by atoms with Crippen molar-refractivity contribution in [1.29, 1.82) is 0 Å². The molecule has 0 radical (unpaired) electrons. The Morgan fingerprint density at radius 3 is 1.19 bits per heavy atom. The highest BCUT2D eigenvalue weighted by Gasteiger charge is 2.27. The van der Waals surface area contributed by atoms with Crippen molar-refractivity contribution in [1.82, 2.24) is 5.32 Å². The molecule has 3 atom stereocenters. The van der Waals surface area contributed by atoms with E-state index in [2.05, 4.69) is 62.5 Å². The molecule has 3 unspecified atom stereocenters. The summed E-state index contributed by atoms with van der Waals surface area (Å²) in [6, 6.07) is -0.888. The first kappa shape index (κ1) is 77.0. The van der Waals surface area contributed by atoms with E-state index in [0.717, 1.165) is 77.0 Å². The molecule has 0 saturated carbocycles. The van der Waals surface area contributed by atoms with Crippen LogP contribution in [0.15, 0.2) is 48.6 Å². The number of amides is 1. The predicted molar refractivity (Wildman–Crippen MR) is 339 cm³/mol. The summed E-state index contributed by atoms with van der Waals surface area (Å²) in [6.45, 7) is 6.83. The van der Waals surface area contributed by atoms with E-state index >= 15 is 0 Å². The van der Waals surface area contributed by atoms with Gasteiger partial charge in [-0.2, -0.15) is 0 Å². The van der Waals surface area contributed by atoms with Gasteiger partial charge in [-0.05, 0) is 89.5 Å². The van der Waals surface area contributed by atoms with Gasteiger partial charge in [-0.1, -0.05) is 275 Å². The number of ether oxygens (including phenoxy) is 1. The molecule has 0 aliphatic heterocycles. The summed E-state index contributed by atoms with van der Waals surface area (Å²) in [6.07, 6.45) is 73.8. The number of phosphoric acid groups is 1. The molecule has 10 heteroatoms. The van der Waals surface area contributed by atoms with E-state index in [4.69, 9.17) is 13.8 Å². The molecule has 0 fully saturated rings. The van der Waals surface area contributed by atoms with Gasteiger partial charge in [0, 0.05) is 12.8 Å². The molecule has 1 amide bonds. The second kappa shape index (κ2) is 59.1. The van der Waals surface area contributed by atoms with Gasteiger partial charge < -0.3 is 28.5 Å². The summed E-state index contributed by atoms with van der Waals surface area (Å²) in [4.78, 5) is 40.0. The van der Waals surface area contributed by atoms with Crippen LogP contribution < -0.4 is 10.2 Å². The maximum atomic E-state index is 13.6. The number of phosphoric ester groups is 1. The Morgan fingerprint density at radius 2 is 0.772 bits per heavy atom. The first-order chi connectivity index (χ1) is 38.4. The Kier molecular flexibility index (Phi) is 57.6. The van der Waals surface area contributed by atoms with E-state index in [9.17, 15) is 19.0 Å². The summed E-state index contributed by atoms with van der Waals surface area (Å²) >= 11 is 0. The van der Waals surface area contributed by atoms with Crippen molar-refractivity contribution in [2.45, 2.75) is 341 Å². The third kappa shape index (κ3) is 60.4. The Labute approximate surface area is 490 Å². The minimum absolute atomic E-state index is 0.0215. The highest BCUT2D eigenvalue weighted by Crippen LogP contribution is 2.38. The summed E-state index contributed by atoms with van der Waals surface area (Å²) in [5.74, 6) is -0.534. The van der Waals surface area contributed by atoms with Crippen molar-refractivity contribution in [3.8, 4) is 0 Å². The van der Waals surface area contributed by atoms with Crippen molar-refractivity contribution in [2.24, 2.45) is 0 Å². The number of unbranched alkanes of at least 4 members (excludes halogenated alkanes) is 40. The number of nitrogens with zero attached hydrogens (tertiary/aromatic N) is 1. The average Bonchev–Trinajstić information content (AvgIpc) is 3.41. The first-order valence-corrected chi connectivity index (χ1v) is 35.4. The number of rotatable bonds is 62.